The second kappa shape index (κ2) is 16.8. The average Bonchev–Trinajstić information content (AvgIpc) is 3.98. The van der Waals surface area contributed by atoms with Crippen LogP contribution in [0.15, 0.2) is 199 Å². The first-order chi connectivity index (χ1) is 34.5. The molecule has 0 fully saturated rings. The lowest BCUT2D eigenvalue weighted by molar-refractivity contribution is 0.670. The molecule has 0 aliphatic carbocycles. The third-order valence-corrected chi connectivity index (χ3v) is 12.7. The van der Waals surface area contributed by atoms with Crippen LogP contribution in [-0.2, 0) is 0 Å². The largest absolute Gasteiger partial charge is 0.455 e. The summed E-state index contributed by atoms with van der Waals surface area (Å²) >= 11 is 0. The van der Waals surface area contributed by atoms with Gasteiger partial charge in [-0.2, -0.15) is 21.0 Å². The van der Waals surface area contributed by atoms with Crippen molar-refractivity contribution in [1.29, 1.82) is 21.0 Å². The lowest BCUT2D eigenvalue weighted by Gasteiger charge is -2.17. The molecule has 70 heavy (non-hydrogen) atoms. The first-order valence-corrected chi connectivity index (χ1v) is 22.4. The van der Waals surface area contributed by atoms with E-state index in [1.165, 1.54) is 0 Å². The lowest BCUT2D eigenvalue weighted by Crippen LogP contribution is -2.04. The zero-order valence-corrected chi connectivity index (χ0v) is 37.0. The fourth-order valence-electron chi connectivity index (χ4n) is 9.47. The van der Waals surface area contributed by atoms with Gasteiger partial charge in [-0.25, -0.2) is 15.0 Å². The number of fused-ring (bicyclic) bond motifs is 6. The van der Waals surface area contributed by atoms with E-state index in [4.69, 9.17) is 19.4 Å². The van der Waals surface area contributed by atoms with Crippen molar-refractivity contribution < 1.29 is 4.42 Å². The Labute approximate surface area is 400 Å². The van der Waals surface area contributed by atoms with Crippen LogP contribution in [0.1, 0.15) is 22.3 Å². The van der Waals surface area contributed by atoms with Gasteiger partial charge in [0.25, 0.3) is 0 Å². The normalized spacial score (nSPS) is 11.1. The van der Waals surface area contributed by atoms with Crippen molar-refractivity contribution in [2.45, 2.75) is 0 Å². The second-order valence-electron chi connectivity index (χ2n) is 16.9. The minimum Gasteiger partial charge on any atom is -0.455 e. The number of para-hydroxylation sites is 2. The maximum Gasteiger partial charge on any atom is 0.166 e. The quantitative estimate of drug-likeness (QED) is 0.153. The molecule has 0 saturated heterocycles. The molecule has 9 heteroatoms. The predicted octanol–water partition coefficient (Wildman–Crippen LogP) is 14.4. The predicted molar refractivity (Wildman–Crippen MR) is 273 cm³/mol. The second-order valence-corrected chi connectivity index (χ2v) is 16.9. The fraction of sp³-hybridized carbons (Fsp3) is 0. The van der Waals surface area contributed by atoms with Gasteiger partial charge >= 0.3 is 0 Å². The van der Waals surface area contributed by atoms with E-state index in [0.29, 0.717) is 39.7 Å². The topological polar surface area (TPSA) is 152 Å². The van der Waals surface area contributed by atoms with Crippen LogP contribution in [0.5, 0.6) is 0 Å². The fourth-order valence-corrected chi connectivity index (χ4v) is 9.47. The Hall–Kier alpha value is -10.5. The Balaban J connectivity index is 1.17. The minimum atomic E-state index is 0.384. The van der Waals surface area contributed by atoms with E-state index in [1.807, 2.05) is 91.0 Å². The van der Waals surface area contributed by atoms with Crippen LogP contribution in [0.3, 0.4) is 0 Å². The van der Waals surface area contributed by atoms with Gasteiger partial charge in [-0.15, -0.1) is 0 Å². The number of benzene rings is 9. The number of hydrogen-bond donors (Lipinski definition) is 0. The number of rotatable bonds is 7. The minimum absolute atomic E-state index is 0.384. The van der Waals surface area contributed by atoms with Crippen molar-refractivity contribution in [2.75, 3.05) is 0 Å². The van der Waals surface area contributed by atoms with Crippen LogP contribution in [0, 0.1) is 45.3 Å². The van der Waals surface area contributed by atoms with Crippen LogP contribution in [-0.4, -0.2) is 19.5 Å². The van der Waals surface area contributed by atoms with Gasteiger partial charge in [0.05, 0.1) is 63.3 Å². The summed E-state index contributed by atoms with van der Waals surface area (Å²) < 4.78 is 8.81. The Bertz CT molecular complexity index is 4040. The Kier molecular flexibility index (Phi) is 9.82. The monoisotopic (exact) mass is 892 g/mol. The molecule has 0 N–H and O–H groups in total. The molecule has 0 amide bonds. The average molecular weight is 893 g/mol. The van der Waals surface area contributed by atoms with Gasteiger partial charge in [0, 0.05) is 43.8 Å². The zero-order valence-electron chi connectivity index (χ0n) is 37.0. The molecule has 3 heterocycles. The van der Waals surface area contributed by atoms with Crippen molar-refractivity contribution in [3.05, 3.63) is 216 Å². The van der Waals surface area contributed by atoms with E-state index in [2.05, 4.69) is 95.6 Å². The molecule has 0 unspecified atom stereocenters. The molecule has 0 radical (unpaired) electrons. The van der Waals surface area contributed by atoms with E-state index in [9.17, 15) is 21.0 Å². The highest BCUT2D eigenvalue weighted by atomic mass is 16.3. The molecular weight excluding hydrogens is 861 g/mol. The van der Waals surface area contributed by atoms with Gasteiger partial charge in [-0.3, -0.25) is 0 Å². The summed E-state index contributed by atoms with van der Waals surface area (Å²) in [6.07, 6.45) is 0. The summed E-state index contributed by atoms with van der Waals surface area (Å²) in [6.45, 7) is 0. The molecule has 0 atom stereocenters. The Morgan fingerprint density at radius 1 is 0.343 bits per heavy atom. The van der Waals surface area contributed by atoms with E-state index < -0.39 is 0 Å². The van der Waals surface area contributed by atoms with E-state index in [-0.39, 0.29) is 0 Å². The summed E-state index contributed by atoms with van der Waals surface area (Å²) in [5.41, 5.74) is 12.9. The van der Waals surface area contributed by atoms with Crippen molar-refractivity contribution in [3.63, 3.8) is 0 Å². The maximum absolute atomic E-state index is 9.92. The molecule has 0 saturated carbocycles. The highest BCUT2D eigenvalue weighted by molar-refractivity contribution is 6.13. The molecule has 322 valence electrons. The van der Waals surface area contributed by atoms with E-state index in [1.54, 1.807) is 36.4 Å². The van der Waals surface area contributed by atoms with Crippen LogP contribution in [0.25, 0.3) is 117 Å². The summed E-state index contributed by atoms with van der Waals surface area (Å²) in [5.74, 6) is 1.49. The molecule has 9 aromatic carbocycles. The van der Waals surface area contributed by atoms with E-state index in [0.717, 1.165) is 99.5 Å². The summed E-state index contributed by atoms with van der Waals surface area (Å²) in [5, 5.41) is 43.5. The molecular formula is C61H32N8O. The van der Waals surface area contributed by atoms with Gasteiger partial charge < -0.3 is 8.98 Å². The van der Waals surface area contributed by atoms with Gasteiger partial charge in [-0.1, -0.05) is 115 Å². The van der Waals surface area contributed by atoms with Crippen LogP contribution in [0.2, 0.25) is 0 Å². The summed E-state index contributed by atoms with van der Waals surface area (Å²) in [6, 6.07) is 71.8. The molecule has 0 bridgehead atoms. The Morgan fingerprint density at radius 2 is 0.829 bits per heavy atom. The lowest BCUT2D eigenvalue weighted by atomic mass is 9.97. The molecule has 9 nitrogen and oxygen atoms in total. The molecule has 0 spiro atoms. The molecule has 3 aromatic heterocycles. The smallest absolute Gasteiger partial charge is 0.166 e. The standard InChI is InChI=1S/C61H32N8O/c62-33-37-24-38(34-63)27-46(26-37)43-18-21-54-51(30-43)52-31-44(47-28-39(35-64)25-40(29-47)36-65)19-22-55(52)69(54)56-23-20-45(48-15-9-16-50-49-14-7-8-17-57(49)70-58(48)50)32-53(56)61-67-59(41-10-3-1-4-11-41)66-60(68-61)42-12-5-2-6-13-42/h1-32H. The number of nitrogens with zero attached hydrogens (tertiary/aromatic N) is 8. The van der Waals surface area contributed by atoms with Crippen LogP contribution >= 0.6 is 0 Å². The van der Waals surface area contributed by atoms with Crippen molar-refractivity contribution in [3.8, 4) is 97.5 Å². The zero-order chi connectivity index (χ0) is 47.3. The molecule has 12 rings (SSSR count). The summed E-state index contributed by atoms with van der Waals surface area (Å²) in [7, 11) is 0. The Morgan fingerprint density at radius 3 is 1.37 bits per heavy atom. The molecule has 0 aliphatic rings. The first-order valence-electron chi connectivity index (χ1n) is 22.4. The van der Waals surface area contributed by atoms with Crippen molar-refractivity contribution >= 4 is 43.7 Å². The number of aromatic nitrogens is 4. The van der Waals surface area contributed by atoms with Crippen molar-refractivity contribution in [1.82, 2.24) is 19.5 Å². The van der Waals surface area contributed by atoms with Gasteiger partial charge in [0.15, 0.2) is 17.5 Å². The molecule has 12 aromatic rings. The highest BCUT2D eigenvalue weighted by Gasteiger charge is 2.23. The summed E-state index contributed by atoms with van der Waals surface area (Å²) in [4.78, 5) is 15.6. The van der Waals surface area contributed by atoms with Gasteiger partial charge in [0.2, 0.25) is 0 Å². The maximum atomic E-state index is 9.92. The number of nitriles is 4. The molecule has 0 aliphatic heterocycles. The van der Waals surface area contributed by atoms with Crippen molar-refractivity contribution in [2.24, 2.45) is 0 Å². The number of furan rings is 1. The first kappa shape index (κ1) is 41.0. The van der Waals surface area contributed by atoms with Crippen LogP contribution < -0.4 is 0 Å². The third kappa shape index (κ3) is 7.05. The highest BCUT2D eigenvalue weighted by Crippen LogP contribution is 2.43. The van der Waals surface area contributed by atoms with Gasteiger partial charge in [-0.05, 0) is 107 Å². The SMILES string of the molecule is N#Cc1cc(C#N)cc(-c2ccc3c(c2)c2cc(-c4cc(C#N)cc(C#N)c4)ccc2n3-c2ccc(-c3cccc4c3oc3ccccc34)cc2-c2nc(-c3ccccc3)nc(-c3ccccc3)n2)c1. The third-order valence-electron chi connectivity index (χ3n) is 12.7. The van der Waals surface area contributed by atoms with Gasteiger partial charge in [0.1, 0.15) is 11.2 Å². The van der Waals surface area contributed by atoms with E-state index >= 15 is 0 Å². The van der Waals surface area contributed by atoms with Crippen LogP contribution in [0.4, 0.5) is 0 Å². The number of hydrogen-bond acceptors (Lipinski definition) is 8.